The molecule has 0 atom stereocenters. The standard InChI is InChI=1S/C19H19N3O7/c1-21(2)13-5-3-12(4-6-13)20-18(23)11-29-19(24)14-9-16-17(28-8-7-27-16)10-15(14)22(25)26/h3-6,9-10H,7-8,11H2,1-2H3,(H,20,23). The van der Waals surface area contributed by atoms with E-state index < -0.39 is 29.1 Å². The number of nitro benzene ring substituents is 1. The Balaban J connectivity index is 1.65. The Morgan fingerprint density at radius 3 is 2.34 bits per heavy atom. The van der Waals surface area contributed by atoms with E-state index in [1.165, 1.54) is 6.07 Å². The minimum absolute atomic E-state index is 0.179. The van der Waals surface area contributed by atoms with Crippen LogP contribution in [0.2, 0.25) is 0 Å². The second kappa shape index (κ2) is 8.46. The maximum Gasteiger partial charge on any atom is 0.345 e. The number of anilines is 2. The van der Waals surface area contributed by atoms with Crippen molar-refractivity contribution in [2.24, 2.45) is 0 Å². The highest BCUT2D eigenvalue weighted by Gasteiger charge is 2.27. The third-order valence-corrected chi connectivity index (χ3v) is 4.08. The van der Waals surface area contributed by atoms with Crippen molar-refractivity contribution in [3.8, 4) is 11.5 Å². The number of amides is 1. The Bertz CT molecular complexity index is 942. The first-order valence-electron chi connectivity index (χ1n) is 8.67. The average Bonchev–Trinajstić information content (AvgIpc) is 2.71. The van der Waals surface area contributed by atoms with Gasteiger partial charge in [0.25, 0.3) is 11.6 Å². The van der Waals surface area contributed by atoms with Crippen molar-refractivity contribution in [1.82, 2.24) is 0 Å². The summed E-state index contributed by atoms with van der Waals surface area (Å²) in [5.41, 5.74) is 0.684. The molecule has 0 saturated heterocycles. The van der Waals surface area contributed by atoms with Crippen molar-refractivity contribution in [1.29, 1.82) is 0 Å². The highest BCUT2D eigenvalue weighted by molar-refractivity contribution is 5.98. The molecule has 152 valence electrons. The number of esters is 1. The molecule has 0 aliphatic carbocycles. The quantitative estimate of drug-likeness (QED) is 0.444. The van der Waals surface area contributed by atoms with Gasteiger partial charge in [0.1, 0.15) is 18.8 Å². The normalized spacial score (nSPS) is 12.1. The van der Waals surface area contributed by atoms with Crippen LogP contribution in [0.3, 0.4) is 0 Å². The van der Waals surface area contributed by atoms with Crippen molar-refractivity contribution in [3.05, 3.63) is 52.1 Å². The maximum atomic E-state index is 12.3. The van der Waals surface area contributed by atoms with E-state index in [0.717, 1.165) is 11.8 Å². The van der Waals surface area contributed by atoms with E-state index in [-0.39, 0.29) is 30.3 Å². The fourth-order valence-electron chi connectivity index (χ4n) is 2.64. The predicted molar refractivity (Wildman–Crippen MR) is 104 cm³/mol. The molecule has 0 saturated carbocycles. The monoisotopic (exact) mass is 401 g/mol. The van der Waals surface area contributed by atoms with Crippen LogP contribution in [0.4, 0.5) is 17.1 Å². The van der Waals surface area contributed by atoms with E-state index >= 15 is 0 Å². The zero-order chi connectivity index (χ0) is 21.0. The highest BCUT2D eigenvalue weighted by Crippen LogP contribution is 2.36. The molecule has 0 bridgehead atoms. The molecule has 0 fully saturated rings. The molecule has 3 rings (SSSR count). The van der Waals surface area contributed by atoms with Gasteiger partial charge in [-0.05, 0) is 24.3 Å². The Morgan fingerprint density at radius 1 is 1.14 bits per heavy atom. The van der Waals surface area contributed by atoms with E-state index in [1.807, 2.05) is 31.1 Å². The first-order chi connectivity index (χ1) is 13.8. The first kappa shape index (κ1) is 19.9. The Kier molecular flexibility index (Phi) is 5.82. The lowest BCUT2D eigenvalue weighted by molar-refractivity contribution is -0.385. The van der Waals surface area contributed by atoms with E-state index in [9.17, 15) is 19.7 Å². The zero-order valence-electron chi connectivity index (χ0n) is 15.8. The second-order valence-electron chi connectivity index (χ2n) is 6.34. The number of nitrogens with one attached hydrogen (secondary N) is 1. The molecule has 0 aromatic heterocycles. The zero-order valence-corrected chi connectivity index (χ0v) is 15.8. The molecule has 1 N–H and O–H groups in total. The van der Waals surface area contributed by atoms with Gasteiger partial charge in [0.2, 0.25) is 0 Å². The highest BCUT2D eigenvalue weighted by atomic mass is 16.6. The maximum absolute atomic E-state index is 12.3. The Morgan fingerprint density at radius 2 is 1.76 bits per heavy atom. The smallest absolute Gasteiger partial charge is 0.345 e. The summed E-state index contributed by atoms with van der Waals surface area (Å²) in [4.78, 5) is 36.8. The second-order valence-corrected chi connectivity index (χ2v) is 6.34. The van der Waals surface area contributed by atoms with Crippen LogP contribution in [0.15, 0.2) is 36.4 Å². The van der Waals surface area contributed by atoms with Crippen LogP contribution in [0.5, 0.6) is 11.5 Å². The average molecular weight is 401 g/mol. The number of carbonyl (C=O) groups is 2. The van der Waals surface area contributed by atoms with Gasteiger partial charge in [-0.15, -0.1) is 0 Å². The SMILES string of the molecule is CN(C)c1ccc(NC(=O)COC(=O)c2cc3c(cc2[N+](=O)[O-])OCCO3)cc1. The molecule has 29 heavy (non-hydrogen) atoms. The van der Waals surface area contributed by atoms with Gasteiger partial charge < -0.3 is 24.4 Å². The van der Waals surface area contributed by atoms with Crippen LogP contribution in [0, 0.1) is 10.1 Å². The number of fused-ring (bicyclic) bond motifs is 1. The Labute approximate surface area is 166 Å². The van der Waals surface area contributed by atoms with E-state index in [1.54, 1.807) is 12.1 Å². The van der Waals surface area contributed by atoms with Crippen LogP contribution < -0.4 is 19.7 Å². The number of carbonyl (C=O) groups excluding carboxylic acids is 2. The molecule has 1 aliphatic rings. The van der Waals surface area contributed by atoms with Gasteiger partial charge in [-0.3, -0.25) is 14.9 Å². The first-order valence-corrected chi connectivity index (χ1v) is 8.67. The molecule has 10 nitrogen and oxygen atoms in total. The van der Waals surface area contributed by atoms with Gasteiger partial charge >= 0.3 is 5.97 Å². The summed E-state index contributed by atoms with van der Waals surface area (Å²) in [6.07, 6.45) is 0. The third-order valence-electron chi connectivity index (χ3n) is 4.08. The summed E-state index contributed by atoms with van der Waals surface area (Å²) < 4.78 is 15.6. The van der Waals surface area contributed by atoms with Crippen molar-refractivity contribution >= 4 is 28.9 Å². The molecule has 1 heterocycles. The Hall–Kier alpha value is -3.82. The van der Waals surface area contributed by atoms with Gasteiger partial charge in [0.05, 0.1) is 11.0 Å². The summed E-state index contributed by atoms with van der Waals surface area (Å²) in [6.45, 7) is -0.0855. The third kappa shape index (κ3) is 4.72. The summed E-state index contributed by atoms with van der Waals surface area (Å²) in [5.74, 6) is -1.19. The molecule has 0 radical (unpaired) electrons. The van der Waals surface area contributed by atoms with E-state index in [4.69, 9.17) is 14.2 Å². The van der Waals surface area contributed by atoms with Crippen LogP contribution in [0.25, 0.3) is 0 Å². The number of nitrogens with zero attached hydrogens (tertiary/aromatic N) is 2. The number of hydrogen-bond donors (Lipinski definition) is 1. The molecule has 0 spiro atoms. The minimum atomic E-state index is -1.01. The fraction of sp³-hybridized carbons (Fsp3) is 0.263. The van der Waals surface area contributed by atoms with E-state index in [0.29, 0.717) is 5.69 Å². The summed E-state index contributed by atoms with van der Waals surface area (Å²) in [5, 5.41) is 13.9. The minimum Gasteiger partial charge on any atom is -0.486 e. The molecule has 1 amide bonds. The van der Waals surface area contributed by atoms with Crippen molar-refractivity contribution in [2.75, 3.05) is 44.1 Å². The van der Waals surface area contributed by atoms with Crippen LogP contribution in [0.1, 0.15) is 10.4 Å². The van der Waals surface area contributed by atoms with Crippen molar-refractivity contribution in [2.45, 2.75) is 0 Å². The van der Waals surface area contributed by atoms with Crippen LogP contribution in [-0.2, 0) is 9.53 Å². The number of rotatable bonds is 6. The number of nitro groups is 1. The number of benzene rings is 2. The van der Waals surface area contributed by atoms with Crippen LogP contribution in [-0.4, -0.2) is 50.7 Å². The lowest BCUT2D eigenvalue weighted by Crippen LogP contribution is -2.22. The lowest BCUT2D eigenvalue weighted by Gasteiger charge is -2.18. The van der Waals surface area contributed by atoms with Crippen molar-refractivity contribution in [3.63, 3.8) is 0 Å². The molecule has 1 aliphatic heterocycles. The summed E-state index contributed by atoms with van der Waals surface area (Å²) >= 11 is 0. The lowest BCUT2D eigenvalue weighted by atomic mass is 10.1. The molecular formula is C19H19N3O7. The van der Waals surface area contributed by atoms with Gasteiger partial charge in [-0.1, -0.05) is 0 Å². The molecule has 2 aromatic carbocycles. The molecular weight excluding hydrogens is 382 g/mol. The number of ether oxygens (including phenoxy) is 3. The van der Waals surface area contributed by atoms with Gasteiger partial charge in [-0.2, -0.15) is 0 Å². The van der Waals surface area contributed by atoms with Gasteiger partial charge in [-0.25, -0.2) is 4.79 Å². The largest absolute Gasteiger partial charge is 0.486 e. The fourth-order valence-corrected chi connectivity index (χ4v) is 2.64. The molecule has 10 heteroatoms. The van der Waals surface area contributed by atoms with Gasteiger partial charge in [0, 0.05) is 31.5 Å². The molecule has 0 unspecified atom stereocenters. The topological polar surface area (TPSA) is 120 Å². The number of hydrogen-bond acceptors (Lipinski definition) is 8. The van der Waals surface area contributed by atoms with Gasteiger partial charge in [0.15, 0.2) is 18.1 Å². The van der Waals surface area contributed by atoms with E-state index in [2.05, 4.69) is 5.32 Å². The van der Waals surface area contributed by atoms with Crippen molar-refractivity contribution < 1.29 is 28.7 Å². The predicted octanol–water partition coefficient (Wildman–Crippen LogP) is 2.23. The summed E-state index contributed by atoms with van der Waals surface area (Å²) in [6, 6.07) is 9.35. The summed E-state index contributed by atoms with van der Waals surface area (Å²) in [7, 11) is 3.79. The van der Waals surface area contributed by atoms with Crippen LogP contribution >= 0.6 is 0 Å². The molecule has 2 aromatic rings.